The largest absolute Gasteiger partial charge is 0.416 e. The van der Waals surface area contributed by atoms with Crippen LogP contribution in [0.5, 0.6) is 0 Å². The van der Waals surface area contributed by atoms with E-state index in [1.807, 2.05) is 0 Å². The zero-order valence-electron chi connectivity index (χ0n) is 15.5. The Bertz CT molecular complexity index is 1040. The number of hydrogen-bond acceptors (Lipinski definition) is 7. The molecule has 1 fully saturated rings. The maximum Gasteiger partial charge on any atom is 0.416 e. The van der Waals surface area contributed by atoms with Gasteiger partial charge in [-0.1, -0.05) is 17.4 Å². The number of thiazole rings is 1. The van der Waals surface area contributed by atoms with E-state index in [4.69, 9.17) is 4.74 Å². The van der Waals surface area contributed by atoms with Crippen LogP contribution in [0.3, 0.4) is 0 Å². The number of pyridine rings is 2. The number of ether oxygens (including phenoxy) is 1. The first-order chi connectivity index (χ1) is 14.4. The third-order valence-corrected chi connectivity index (χ3v) is 5.31. The van der Waals surface area contributed by atoms with Gasteiger partial charge in [-0.3, -0.25) is 9.78 Å². The van der Waals surface area contributed by atoms with E-state index in [0.717, 1.165) is 29.7 Å². The van der Waals surface area contributed by atoms with Crippen LogP contribution in [0.4, 0.5) is 24.1 Å². The van der Waals surface area contributed by atoms with Crippen LogP contribution in [0.25, 0.3) is 11.4 Å². The normalized spacial score (nSPS) is 14.6. The Morgan fingerprint density at radius 1 is 1.13 bits per heavy atom. The Balaban J connectivity index is 1.68. The van der Waals surface area contributed by atoms with Crippen molar-refractivity contribution in [3.63, 3.8) is 0 Å². The van der Waals surface area contributed by atoms with Crippen LogP contribution in [0.15, 0.2) is 42.7 Å². The van der Waals surface area contributed by atoms with Crippen molar-refractivity contribution in [2.24, 2.45) is 0 Å². The molecule has 0 aliphatic carbocycles. The van der Waals surface area contributed by atoms with Gasteiger partial charge in [-0.2, -0.15) is 13.2 Å². The number of anilines is 2. The lowest BCUT2D eigenvalue weighted by molar-refractivity contribution is -0.137. The van der Waals surface area contributed by atoms with Gasteiger partial charge in [0.2, 0.25) is 0 Å². The lowest BCUT2D eigenvalue weighted by atomic mass is 10.2. The van der Waals surface area contributed by atoms with Gasteiger partial charge in [0.05, 0.1) is 24.5 Å². The minimum atomic E-state index is -4.49. The third-order valence-electron chi connectivity index (χ3n) is 4.35. The van der Waals surface area contributed by atoms with E-state index >= 15 is 0 Å². The van der Waals surface area contributed by atoms with Gasteiger partial charge in [0.25, 0.3) is 5.91 Å². The number of nitrogens with one attached hydrogen (secondary N) is 1. The van der Waals surface area contributed by atoms with Gasteiger partial charge in [-0.25, -0.2) is 9.97 Å². The van der Waals surface area contributed by atoms with Crippen LogP contribution in [0.1, 0.15) is 15.2 Å². The van der Waals surface area contributed by atoms with Gasteiger partial charge >= 0.3 is 6.18 Å². The van der Waals surface area contributed by atoms with E-state index in [1.165, 1.54) is 0 Å². The molecule has 4 heterocycles. The summed E-state index contributed by atoms with van der Waals surface area (Å²) >= 11 is 1.05. The molecule has 7 nitrogen and oxygen atoms in total. The van der Waals surface area contributed by atoms with Crippen molar-refractivity contribution in [3.8, 4) is 11.4 Å². The average Bonchev–Trinajstić information content (AvgIpc) is 3.18. The summed E-state index contributed by atoms with van der Waals surface area (Å²) in [5, 5.41) is 3.03. The molecule has 0 spiro atoms. The molecular weight excluding hydrogens is 419 g/mol. The van der Waals surface area contributed by atoms with E-state index in [2.05, 4.69) is 20.3 Å². The van der Waals surface area contributed by atoms with Gasteiger partial charge in [0.1, 0.15) is 16.4 Å². The maximum absolute atomic E-state index is 13.1. The van der Waals surface area contributed by atoms with Crippen molar-refractivity contribution in [1.29, 1.82) is 0 Å². The van der Waals surface area contributed by atoms with Crippen molar-refractivity contribution in [3.05, 3.63) is 53.2 Å². The number of alkyl halides is 3. The van der Waals surface area contributed by atoms with Crippen LogP contribution >= 0.6 is 11.3 Å². The first-order valence-electron chi connectivity index (χ1n) is 9.01. The highest BCUT2D eigenvalue weighted by molar-refractivity contribution is 7.18. The molecule has 0 saturated carbocycles. The summed E-state index contributed by atoms with van der Waals surface area (Å²) in [7, 11) is 0. The standard InChI is InChI=1S/C19H16F3N5O2S/c20-19(21,22)12-4-6-24-14(11-12)25-18-26-15(13-3-1-2-5-23-13)16(30-18)17(28)27-7-9-29-10-8-27/h1-6,11H,7-10H2,(H,24,25,26). The van der Waals surface area contributed by atoms with Crippen molar-refractivity contribution < 1.29 is 22.7 Å². The van der Waals surface area contributed by atoms with Crippen LogP contribution in [0.2, 0.25) is 0 Å². The van der Waals surface area contributed by atoms with E-state index in [0.29, 0.717) is 42.6 Å². The molecule has 1 amide bonds. The SMILES string of the molecule is O=C(c1sc(Nc2cc(C(F)(F)F)ccn2)nc1-c1ccccn1)N1CCOCC1. The second-order valence-corrected chi connectivity index (χ2v) is 7.37. The number of halogens is 3. The molecule has 1 aliphatic rings. The Kier molecular flexibility index (Phi) is 5.64. The first-order valence-corrected chi connectivity index (χ1v) is 9.83. The Labute approximate surface area is 173 Å². The fourth-order valence-corrected chi connectivity index (χ4v) is 3.84. The second-order valence-electron chi connectivity index (χ2n) is 6.37. The van der Waals surface area contributed by atoms with Crippen LogP contribution in [-0.2, 0) is 10.9 Å². The van der Waals surface area contributed by atoms with Gasteiger partial charge in [-0.15, -0.1) is 0 Å². The van der Waals surface area contributed by atoms with Crippen molar-refractivity contribution in [1.82, 2.24) is 19.9 Å². The highest BCUT2D eigenvalue weighted by atomic mass is 32.1. The smallest absolute Gasteiger partial charge is 0.378 e. The Hall–Kier alpha value is -3.05. The molecule has 3 aromatic rings. The zero-order valence-corrected chi connectivity index (χ0v) is 16.3. The monoisotopic (exact) mass is 435 g/mol. The molecule has 30 heavy (non-hydrogen) atoms. The zero-order chi connectivity index (χ0) is 21.1. The molecule has 1 saturated heterocycles. The minimum absolute atomic E-state index is 0.0171. The molecule has 0 unspecified atom stereocenters. The van der Waals surface area contributed by atoms with Gasteiger partial charge < -0.3 is 15.0 Å². The quantitative estimate of drug-likeness (QED) is 0.671. The summed E-state index contributed by atoms with van der Waals surface area (Å²) in [6.07, 6.45) is -1.84. The summed E-state index contributed by atoms with van der Waals surface area (Å²) in [6.45, 7) is 1.80. The second kappa shape index (κ2) is 8.36. The molecule has 0 radical (unpaired) electrons. The number of nitrogens with zero attached hydrogens (tertiary/aromatic N) is 4. The van der Waals surface area contributed by atoms with Crippen LogP contribution < -0.4 is 5.32 Å². The van der Waals surface area contributed by atoms with Crippen molar-refractivity contribution in [2.45, 2.75) is 6.18 Å². The van der Waals surface area contributed by atoms with E-state index in [1.54, 1.807) is 29.3 Å². The van der Waals surface area contributed by atoms with E-state index < -0.39 is 11.7 Å². The molecule has 1 aliphatic heterocycles. The highest BCUT2D eigenvalue weighted by Gasteiger charge is 2.31. The highest BCUT2D eigenvalue weighted by Crippen LogP contribution is 2.34. The molecule has 0 atom stereocenters. The molecule has 0 bridgehead atoms. The molecular formula is C19H16F3N5O2S. The fourth-order valence-electron chi connectivity index (χ4n) is 2.89. The Morgan fingerprint density at radius 3 is 2.63 bits per heavy atom. The molecule has 0 aromatic carbocycles. The van der Waals surface area contributed by atoms with Crippen LogP contribution in [-0.4, -0.2) is 52.1 Å². The predicted molar refractivity (Wildman–Crippen MR) is 105 cm³/mol. The summed E-state index contributed by atoms with van der Waals surface area (Å²) in [5.41, 5.74) is 0.0353. The van der Waals surface area contributed by atoms with Crippen molar-refractivity contribution >= 4 is 28.2 Å². The lowest BCUT2D eigenvalue weighted by Crippen LogP contribution is -2.40. The Morgan fingerprint density at radius 2 is 1.93 bits per heavy atom. The number of amides is 1. The van der Waals surface area contributed by atoms with E-state index in [-0.39, 0.29) is 16.9 Å². The molecule has 1 N–H and O–H groups in total. The van der Waals surface area contributed by atoms with E-state index in [9.17, 15) is 18.0 Å². The molecule has 156 valence electrons. The summed E-state index contributed by atoms with van der Waals surface area (Å²) in [4.78, 5) is 27.7. The topological polar surface area (TPSA) is 80.2 Å². The number of carbonyl (C=O) groups is 1. The lowest BCUT2D eigenvalue weighted by Gasteiger charge is -2.26. The number of hydrogen-bond donors (Lipinski definition) is 1. The summed E-state index contributed by atoms with van der Waals surface area (Å²) < 4.78 is 44.2. The van der Waals surface area contributed by atoms with Crippen molar-refractivity contribution in [2.75, 3.05) is 31.6 Å². The first kappa shape index (κ1) is 20.2. The van der Waals surface area contributed by atoms with Gasteiger partial charge in [0.15, 0.2) is 5.13 Å². The number of carbonyl (C=O) groups excluding carboxylic acids is 1. The average molecular weight is 435 g/mol. The molecule has 11 heteroatoms. The molecule has 3 aromatic heterocycles. The third kappa shape index (κ3) is 4.41. The number of morpholine rings is 1. The number of rotatable bonds is 4. The number of aromatic nitrogens is 3. The van der Waals surface area contributed by atoms with Crippen LogP contribution in [0, 0.1) is 0 Å². The van der Waals surface area contributed by atoms with Gasteiger partial charge in [-0.05, 0) is 24.3 Å². The summed E-state index contributed by atoms with van der Waals surface area (Å²) in [5.74, 6) is -0.238. The predicted octanol–water partition coefficient (Wildman–Crippen LogP) is 3.83. The maximum atomic E-state index is 13.1. The minimum Gasteiger partial charge on any atom is -0.378 e. The fraction of sp³-hybridized carbons (Fsp3) is 0.263. The molecule has 4 rings (SSSR count). The van der Waals surface area contributed by atoms with Gasteiger partial charge in [0, 0.05) is 25.5 Å². The summed E-state index contributed by atoms with van der Waals surface area (Å²) in [6, 6.07) is 7.01.